The van der Waals surface area contributed by atoms with Crippen LogP contribution in [0.1, 0.15) is 16.8 Å². The summed E-state index contributed by atoms with van der Waals surface area (Å²) in [4.78, 5) is 0. The molecule has 3 nitrogen and oxygen atoms in total. The van der Waals surface area contributed by atoms with Crippen molar-refractivity contribution in [2.45, 2.75) is 32.2 Å². The minimum absolute atomic E-state index is 0.236. The van der Waals surface area contributed by atoms with E-state index in [1.54, 1.807) is 11.6 Å². The predicted molar refractivity (Wildman–Crippen MR) is 73.1 cm³/mol. The van der Waals surface area contributed by atoms with Crippen molar-refractivity contribution in [2.75, 3.05) is 0 Å². The average Bonchev–Trinajstić information content (AvgIpc) is 2.70. The van der Waals surface area contributed by atoms with Crippen LogP contribution in [0.2, 0.25) is 5.02 Å². The lowest BCUT2D eigenvalue weighted by atomic mass is 10.1. The summed E-state index contributed by atoms with van der Waals surface area (Å²) in [7, 11) is 0. The summed E-state index contributed by atoms with van der Waals surface area (Å²) >= 11 is 5.86. The molecule has 0 bridgehead atoms. The minimum Gasteiger partial charge on any atom is -0.391 e. The Morgan fingerprint density at radius 1 is 1.29 bits per heavy atom. The van der Waals surface area contributed by atoms with E-state index in [0.29, 0.717) is 10.6 Å². The van der Waals surface area contributed by atoms with E-state index in [1.165, 1.54) is 18.3 Å². The first-order valence-electron chi connectivity index (χ1n) is 6.29. The van der Waals surface area contributed by atoms with Crippen LogP contribution in [0.5, 0.6) is 0 Å². The Morgan fingerprint density at radius 2 is 1.90 bits per heavy atom. The number of aliphatic hydroxyl groups is 1. The molecule has 1 aromatic heterocycles. The smallest absolute Gasteiger partial charge is 0.391 e. The van der Waals surface area contributed by atoms with Crippen LogP contribution >= 0.6 is 11.6 Å². The number of aliphatic hydroxyl groups excluding tert-OH is 1. The molecule has 0 spiro atoms. The maximum absolute atomic E-state index is 12.4. The van der Waals surface area contributed by atoms with Crippen LogP contribution in [0.25, 0.3) is 0 Å². The Morgan fingerprint density at radius 3 is 2.38 bits per heavy atom. The fraction of sp³-hybridized carbons (Fsp3) is 0.357. The maximum atomic E-state index is 12.4. The molecule has 0 fully saturated rings. The van der Waals surface area contributed by atoms with Crippen LogP contribution in [0.15, 0.2) is 30.5 Å². The van der Waals surface area contributed by atoms with Crippen molar-refractivity contribution in [3.05, 3.63) is 52.3 Å². The van der Waals surface area contributed by atoms with Crippen LogP contribution < -0.4 is 0 Å². The van der Waals surface area contributed by atoms with Crippen LogP contribution in [-0.2, 0) is 19.1 Å². The summed E-state index contributed by atoms with van der Waals surface area (Å²) < 4.78 is 38.9. The summed E-state index contributed by atoms with van der Waals surface area (Å²) in [5, 5.41) is 14.5. The largest absolute Gasteiger partial charge is 0.416 e. The minimum atomic E-state index is -4.35. The molecule has 0 aliphatic rings. The van der Waals surface area contributed by atoms with Gasteiger partial charge in [-0.05, 0) is 24.6 Å². The van der Waals surface area contributed by atoms with Gasteiger partial charge in [0, 0.05) is 6.42 Å². The molecule has 2 aromatic rings. The highest BCUT2D eigenvalue weighted by molar-refractivity contribution is 6.31. The zero-order valence-electron chi connectivity index (χ0n) is 11.2. The van der Waals surface area contributed by atoms with E-state index in [1.807, 2.05) is 0 Å². The molecule has 1 unspecified atom stereocenters. The van der Waals surface area contributed by atoms with E-state index in [9.17, 15) is 18.3 Å². The third-order valence-electron chi connectivity index (χ3n) is 3.18. The zero-order valence-corrected chi connectivity index (χ0v) is 12.0. The topological polar surface area (TPSA) is 38.0 Å². The van der Waals surface area contributed by atoms with Gasteiger partial charge in [-0.1, -0.05) is 23.7 Å². The van der Waals surface area contributed by atoms with Crippen molar-refractivity contribution >= 4 is 11.6 Å². The lowest BCUT2D eigenvalue weighted by Crippen LogP contribution is -2.20. The molecule has 1 N–H and O–H groups in total. The molecule has 2 rings (SSSR count). The second-order valence-corrected chi connectivity index (χ2v) is 5.22. The van der Waals surface area contributed by atoms with Crippen molar-refractivity contribution in [3.8, 4) is 0 Å². The number of aromatic nitrogens is 2. The van der Waals surface area contributed by atoms with Gasteiger partial charge < -0.3 is 5.11 Å². The Hall–Kier alpha value is -1.53. The summed E-state index contributed by atoms with van der Waals surface area (Å²) in [6.07, 6.45) is -3.37. The fourth-order valence-electron chi connectivity index (χ4n) is 1.97. The first kappa shape index (κ1) is 15.9. The van der Waals surface area contributed by atoms with Gasteiger partial charge in [0.2, 0.25) is 0 Å². The molecule has 114 valence electrons. The van der Waals surface area contributed by atoms with Gasteiger partial charge in [-0.15, -0.1) is 0 Å². The third-order valence-corrected chi connectivity index (χ3v) is 3.55. The molecule has 7 heteroatoms. The number of alkyl halides is 3. The molecule has 21 heavy (non-hydrogen) atoms. The molecule has 1 heterocycles. The molecular formula is C14H14ClF3N2O. The van der Waals surface area contributed by atoms with Crippen molar-refractivity contribution in [2.24, 2.45) is 0 Å². The highest BCUT2D eigenvalue weighted by Crippen LogP contribution is 2.29. The zero-order chi connectivity index (χ0) is 15.6. The van der Waals surface area contributed by atoms with Crippen molar-refractivity contribution in [1.29, 1.82) is 0 Å². The number of halogens is 4. The normalized spacial score (nSPS) is 13.4. The maximum Gasteiger partial charge on any atom is 0.416 e. The summed E-state index contributed by atoms with van der Waals surface area (Å²) in [6, 6.07) is 4.76. The lowest BCUT2D eigenvalue weighted by molar-refractivity contribution is -0.137. The summed E-state index contributed by atoms with van der Waals surface area (Å²) in [5.41, 5.74) is 0.671. The van der Waals surface area contributed by atoms with E-state index < -0.39 is 17.8 Å². The van der Waals surface area contributed by atoms with Crippen LogP contribution in [0.3, 0.4) is 0 Å². The van der Waals surface area contributed by atoms with E-state index in [4.69, 9.17) is 11.6 Å². The van der Waals surface area contributed by atoms with E-state index in [2.05, 4.69) is 5.10 Å². The summed E-state index contributed by atoms with van der Waals surface area (Å²) in [5.74, 6) is 0. The van der Waals surface area contributed by atoms with Crippen LogP contribution in [0.4, 0.5) is 13.2 Å². The molecule has 0 aliphatic carbocycles. The standard InChI is InChI=1S/C14H14ClF3N2O/c1-9-13(15)7-19-20(9)8-12(21)6-10-2-4-11(5-3-10)14(16,17)18/h2-5,7,12,21H,6,8H2,1H3. The highest BCUT2D eigenvalue weighted by Gasteiger charge is 2.29. The predicted octanol–water partition coefficient (Wildman–Crippen LogP) is 3.47. The van der Waals surface area contributed by atoms with Gasteiger partial charge in [0.15, 0.2) is 0 Å². The monoisotopic (exact) mass is 318 g/mol. The van der Waals surface area contributed by atoms with Crippen molar-refractivity contribution in [3.63, 3.8) is 0 Å². The van der Waals surface area contributed by atoms with Gasteiger partial charge >= 0.3 is 6.18 Å². The number of benzene rings is 1. The second kappa shape index (κ2) is 6.07. The number of hydrogen-bond acceptors (Lipinski definition) is 2. The molecule has 1 atom stereocenters. The van der Waals surface area contributed by atoms with Gasteiger partial charge in [-0.2, -0.15) is 18.3 Å². The Labute approximate surface area is 125 Å². The molecule has 1 aromatic carbocycles. The molecular weight excluding hydrogens is 305 g/mol. The van der Waals surface area contributed by atoms with Crippen molar-refractivity contribution in [1.82, 2.24) is 9.78 Å². The van der Waals surface area contributed by atoms with E-state index in [-0.39, 0.29) is 13.0 Å². The SMILES string of the molecule is Cc1c(Cl)cnn1CC(O)Cc1ccc(C(F)(F)F)cc1. The highest BCUT2D eigenvalue weighted by atomic mass is 35.5. The summed E-state index contributed by atoms with van der Waals surface area (Å²) in [6.45, 7) is 2.01. The number of nitrogens with zero attached hydrogens (tertiary/aromatic N) is 2. The van der Waals surface area contributed by atoms with Gasteiger partial charge in [-0.3, -0.25) is 4.68 Å². The molecule has 0 radical (unpaired) electrons. The van der Waals surface area contributed by atoms with Gasteiger partial charge in [-0.25, -0.2) is 0 Å². The second-order valence-electron chi connectivity index (χ2n) is 4.81. The Bertz CT molecular complexity index is 608. The first-order chi connectivity index (χ1) is 9.77. The third kappa shape index (κ3) is 3.98. The fourth-order valence-corrected chi connectivity index (χ4v) is 2.12. The van der Waals surface area contributed by atoms with Gasteiger partial charge in [0.1, 0.15) is 0 Å². The van der Waals surface area contributed by atoms with Gasteiger partial charge in [0.05, 0.1) is 35.1 Å². The molecule has 0 amide bonds. The van der Waals surface area contributed by atoms with Gasteiger partial charge in [0.25, 0.3) is 0 Å². The lowest BCUT2D eigenvalue weighted by Gasteiger charge is -2.13. The van der Waals surface area contributed by atoms with E-state index >= 15 is 0 Å². The first-order valence-corrected chi connectivity index (χ1v) is 6.67. The van der Waals surface area contributed by atoms with Crippen LogP contribution in [0, 0.1) is 6.92 Å². The van der Waals surface area contributed by atoms with Crippen LogP contribution in [-0.4, -0.2) is 21.0 Å². The van der Waals surface area contributed by atoms with E-state index in [0.717, 1.165) is 17.8 Å². The molecule has 0 saturated carbocycles. The molecule has 0 aliphatic heterocycles. The number of hydrogen-bond donors (Lipinski definition) is 1. The Kier molecular flexibility index (Phi) is 4.58. The molecule has 0 saturated heterocycles. The van der Waals surface area contributed by atoms with Crippen molar-refractivity contribution < 1.29 is 18.3 Å². The average molecular weight is 319 g/mol. The Balaban J connectivity index is 2.00. The quantitative estimate of drug-likeness (QED) is 0.937. The number of rotatable bonds is 4.